The lowest BCUT2D eigenvalue weighted by atomic mass is 10.2. The van der Waals surface area contributed by atoms with Gasteiger partial charge in [-0.25, -0.2) is 8.42 Å². The Morgan fingerprint density at radius 3 is 2.32 bits per heavy atom. The van der Waals surface area contributed by atoms with Crippen LogP contribution in [0.4, 0.5) is 11.4 Å². The molecule has 31 heavy (non-hydrogen) atoms. The number of anilines is 2. The zero-order chi connectivity index (χ0) is 22.8. The second kappa shape index (κ2) is 8.60. The maximum atomic E-state index is 13.0. The summed E-state index contributed by atoms with van der Waals surface area (Å²) in [6.07, 6.45) is 0. The van der Waals surface area contributed by atoms with E-state index < -0.39 is 28.4 Å². The summed E-state index contributed by atoms with van der Waals surface area (Å²) in [5, 5.41) is 9.08. The number of hydrogen-bond acceptors (Lipinski definition) is 8. The summed E-state index contributed by atoms with van der Waals surface area (Å²) in [6.45, 7) is -0.963. The first-order chi connectivity index (χ1) is 14.7. The number of carboxylic acid groups (broad SMARTS) is 1. The van der Waals surface area contributed by atoms with Gasteiger partial charge in [0.1, 0.15) is 12.3 Å². The highest BCUT2D eigenvalue weighted by Gasteiger charge is 2.29. The Bertz CT molecular complexity index is 1110. The molecule has 0 aliphatic carbocycles. The molecule has 0 saturated carbocycles. The maximum absolute atomic E-state index is 13.0. The standard InChI is InChI=1S/C19H20N2O9S/c1-27-15-6-11(7-16(28-2)19(15)29-3)20-31(25,26)12-4-5-14-13(8-12)21(9-18(23)24)17(22)10-30-14/h4-8,20H,9-10H2,1-3H3,(H,23,24). The van der Waals surface area contributed by atoms with Crippen molar-refractivity contribution in [3.63, 3.8) is 0 Å². The van der Waals surface area contributed by atoms with E-state index in [2.05, 4.69) is 4.72 Å². The van der Waals surface area contributed by atoms with Crippen LogP contribution in [0.1, 0.15) is 0 Å². The molecule has 1 heterocycles. The van der Waals surface area contributed by atoms with E-state index >= 15 is 0 Å². The molecule has 0 fully saturated rings. The molecule has 3 rings (SSSR count). The lowest BCUT2D eigenvalue weighted by molar-refractivity contribution is -0.137. The Balaban J connectivity index is 1.99. The van der Waals surface area contributed by atoms with Gasteiger partial charge in [-0.05, 0) is 18.2 Å². The smallest absolute Gasteiger partial charge is 0.323 e. The molecule has 2 N–H and O–H groups in total. The van der Waals surface area contributed by atoms with Crippen molar-refractivity contribution in [3.8, 4) is 23.0 Å². The molecular formula is C19H20N2O9S. The minimum Gasteiger partial charge on any atom is -0.493 e. The second-order valence-electron chi connectivity index (χ2n) is 6.31. The average molecular weight is 452 g/mol. The van der Waals surface area contributed by atoms with Crippen LogP contribution in [0.3, 0.4) is 0 Å². The third-order valence-electron chi connectivity index (χ3n) is 4.39. The van der Waals surface area contributed by atoms with Gasteiger partial charge in [-0.1, -0.05) is 0 Å². The normalized spacial score (nSPS) is 13.1. The molecule has 166 valence electrons. The number of aliphatic carboxylic acids is 1. The van der Waals surface area contributed by atoms with Gasteiger partial charge in [0.25, 0.3) is 15.9 Å². The monoisotopic (exact) mass is 452 g/mol. The highest BCUT2D eigenvalue weighted by atomic mass is 32.2. The number of methoxy groups -OCH3 is 3. The van der Waals surface area contributed by atoms with Gasteiger partial charge < -0.3 is 24.1 Å². The van der Waals surface area contributed by atoms with E-state index in [9.17, 15) is 18.0 Å². The van der Waals surface area contributed by atoms with E-state index in [4.69, 9.17) is 24.1 Å². The average Bonchev–Trinajstić information content (AvgIpc) is 2.74. The predicted molar refractivity (Wildman–Crippen MR) is 109 cm³/mol. The van der Waals surface area contributed by atoms with Crippen molar-refractivity contribution in [2.75, 3.05) is 44.1 Å². The fourth-order valence-corrected chi connectivity index (χ4v) is 4.07. The summed E-state index contributed by atoms with van der Waals surface area (Å²) in [7, 11) is 0.0835. The van der Waals surface area contributed by atoms with Gasteiger partial charge in [0.05, 0.1) is 37.6 Å². The van der Waals surface area contributed by atoms with Crippen LogP contribution in [-0.4, -0.2) is 59.9 Å². The van der Waals surface area contributed by atoms with Gasteiger partial charge in [-0.2, -0.15) is 0 Å². The number of hydrogen-bond donors (Lipinski definition) is 2. The third-order valence-corrected chi connectivity index (χ3v) is 5.77. The van der Waals surface area contributed by atoms with Crippen LogP contribution >= 0.6 is 0 Å². The molecule has 12 heteroatoms. The Kier molecular flexibility index (Phi) is 6.11. The fraction of sp³-hybridized carbons (Fsp3) is 0.263. The summed E-state index contributed by atoms with van der Waals surface area (Å²) < 4.78 is 49.3. The van der Waals surface area contributed by atoms with Crippen LogP contribution in [0, 0.1) is 0 Å². The molecule has 11 nitrogen and oxygen atoms in total. The lowest BCUT2D eigenvalue weighted by Gasteiger charge is -2.28. The van der Waals surface area contributed by atoms with Gasteiger partial charge in [0.2, 0.25) is 5.75 Å². The zero-order valence-electron chi connectivity index (χ0n) is 16.9. The molecule has 0 radical (unpaired) electrons. The molecule has 2 aromatic carbocycles. The van der Waals surface area contributed by atoms with Gasteiger partial charge in [-0.15, -0.1) is 0 Å². The van der Waals surface area contributed by atoms with Gasteiger partial charge in [0, 0.05) is 12.1 Å². The molecule has 1 aliphatic heterocycles. The van der Waals surface area contributed by atoms with Gasteiger partial charge in [-0.3, -0.25) is 19.2 Å². The summed E-state index contributed by atoms with van der Waals surface area (Å²) >= 11 is 0. The summed E-state index contributed by atoms with van der Waals surface area (Å²) in [5.41, 5.74) is 0.188. The van der Waals surface area contributed by atoms with Crippen LogP contribution in [0.15, 0.2) is 35.2 Å². The van der Waals surface area contributed by atoms with Crippen molar-refractivity contribution in [2.24, 2.45) is 0 Å². The topological polar surface area (TPSA) is 141 Å². The molecule has 0 aromatic heterocycles. The van der Waals surface area contributed by atoms with Crippen LogP contribution < -0.4 is 28.6 Å². The number of fused-ring (bicyclic) bond motifs is 1. The fourth-order valence-electron chi connectivity index (χ4n) is 3.01. The summed E-state index contributed by atoms with van der Waals surface area (Å²) in [6, 6.07) is 6.66. The quantitative estimate of drug-likeness (QED) is 0.607. The van der Waals surface area contributed by atoms with Crippen LogP contribution in [0.2, 0.25) is 0 Å². The van der Waals surface area contributed by atoms with E-state index in [0.717, 1.165) is 4.90 Å². The van der Waals surface area contributed by atoms with Crippen molar-refractivity contribution < 1.29 is 42.1 Å². The molecule has 0 saturated heterocycles. The molecule has 2 aromatic rings. The van der Waals surface area contributed by atoms with E-state index in [1.165, 1.54) is 51.7 Å². The second-order valence-corrected chi connectivity index (χ2v) is 7.99. The minimum absolute atomic E-state index is 0.0476. The molecule has 0 spiro atoms. The minimum atomic E-state index is -4.13. The third kappa shape index (κ3) is 4.43. The Hall–Kier alpha value is -3.67. The SMILES string of the molecule is COc1cc(NS(=O)(=O)c2ccc3c(c2)N(CC(=O)O)C(=O)CO3)cc(OC)c1OC. The number of sulfonamides is 1. The molecule has 0 unspecified atom stereocenters. The van der Waals surface area contributed by atoms with E-state index in [0.29, 0.717) is 5.75 Å². The van der Waals surface area contributed by atoms with Crippen LogP contribution in [-0.2, 0) is 19.6 Å². The molecular weight excluding hydrogens is 432 g/mol. The lowest BCUT2D eigenvalue weighted by Crippen LogP contribution is -2.42. The van der Waals surface area contributed by atoms with Crippen molar-refractivity contribution in [3.05, 3.63) is 30.3 Å². The van der Waals surface area contributed by atoms with Crippen LogP contribution in [0.25, 0.3) is 0 Å². The van der Waals surface area contributed by atoms with E-state index in [-0.39, 0.29) is 40.1 Å². The summed E-state index contributed by atoms with van der Waals surface area (Å²) in [5.74, 6) is -0.852. The van der Waals surface area contributed by atoms with Crippen molar-refractivity contribution in [1.82, 2.24) is 0 Å². The molecule has 0 atom stereocenters. The van der Waals surface area contributed by atoms with Crippen LogP contribution in [0.5, 0.6) is 23.0 Å². The number of carboxylic acids is 1. The Morgan fingerprint density at radius 2 is 1.77 bits per heavy atom. The maximum Gasteiger partial charge on any atom is 0.323 e. The molecule has 0 bridgehead atoms. The Morgan fingerprint density at radius 1 is 1.13 bits per heavy atom. The van der Waals surface area contributed by atoms with Gasteiger partial charge in [0.15, 0.2) is 18.1 Å². The zero-order valence-corrected chi connectivity index (χ0v) is 17.7. The van der Waals surface area contributed by atoms with Crippen molar-refractivity contribution >= 4 is 33.3 Å². The number of rotatable bonds is 8. The van der Waals surface area contributed by atoms with Crippen molar-refractivity contribution in [2.45, 2.75) is 4.90 Å². The molecule has 1 amide bonds. The number of carbonyl (C=O) groups excluding carboxylic acids is 1. The number of nitrogens with zero attached hydrogens (tertiary/aromatic N) is 1. The molecule has 1 aliphatic rings. The number of ether oxygens (including phenoxy) is 4. The first kappa shape index (κ1) is 22.0. The number of carbonyl (C=O) groups is 2. The van der Waals surface area contributed by atoms with Gasteiger partial charge >= 0.3 is 5.97 Å². The first-order valence-corrected chi connectivity index (χ1v) is 10.3. The highest BCUT2D eigenvalue weighted by molar-refractivity contribution is 7.92. The number of nitrogens with one attached hydrogen (secondary N) is 1. The largest absolute Gasteiger partial charge is 0.493 e. The number of benzene rings is 2. The highest BCUT2D eigenvalue weighted by Crippen LogP contribution is 2.41. The summed E-state index contributed by atoms with van der Waals surface area (Å²) in [4.78, 5) is 24.0. The van der Waals surface area contributed by atoms with Crippen molar-refractivity contribution in [1.29, 1.82) is 0 Å². The first-order valence-electron chi connectivity index (χ1n) is 8.82. The number of amides is 1. The van der Waals surface area contributed by atoms with E-state index in [1.807, 2.05) is 0 Å². The van der Waals surface area contributed by atoms with E-state index in [1.54, 1.807) is 0 Å². The predicted octanol–water partition coefficient (Wildman–Crippen LogP) is 1.32. The Labute approximate surface area is 178 Å².